The summed E-state index contributed by atoms with van der Waals surface area (Å²) >= 11 is 5.79. The van der Waals surface area contributed by atoms with E-state index >= 15 is 0 Å². The molecule has 1 amide bonds. The molecule has 0 saturated heterocycles. The number of amides is 1. The quantitative estimate of drug-likeness (QED) is 0.718. The Bertz CT molecular complexity index is 834. The maximum Gasteiger partial charge on any atom is 0.241 e. The van der Waals surface area contributed by atoms with Crippen molar-refractivity contribution in [1.29, 1.82) is 0 Å². The Kier molecular flexibility index (Phi) is 7.02. The van der Waals surface area contributed by atoms with Gasteiger partial charge in [0.25, 0.3) is 0 Å². The molecule has 2 N–H and O–H groups in total. The summed E-state index contributed by atoms with van der Waals surface area (Å²) in [4.78, 5) is 11.9. The van der Waals surface area contributed by atoms with Crippen LogP contribution in [-0.4, -0.2) is 27.0 Å². The molecular formula is C18H21ClN2O4S. The van der Waals surface area contributed by atoms with Crippen LogP contribution in [0.3, 0.4) is 0 Å². The second-order valence-electron chi connectivity index (χ2n) is 5.87. The van der Waals surface area contributed by atoms with Gasteiger partial charge in [0, 0.05) is 11.6 Å². The Morgan fingerprint density at radius 2 is 1.69 bits per heavy atom. The maximum absolute atomic E-state index is 12.2. The van der Waals surface area contributed by atoms with Crippen molar-refractivity contribution < 1.29 is 17.9 Å². The van der Waals surface area contributed by atoms with Crippen molar-refractivity contribution in [2.45, 2.75) is 31.4 Å². The topological polar surface area (TPSA) is 84.5 Å². The number of carbonyl (C=O) groups is 1. The van der Waals surface area contributed by atoms with Gasteiger partial charge >= 0.3 is 0 Å². The molecule has 6 nitrogen and oxygen atoms in total. The minimum Gasteiger partial charge on any atom is -0.491 e. The number of hydrogen-bond donors (Lipinski definition) is 2. The monoisotopic (exact) mass is 396 g/mol. The summed E-state index contributed by atoms with van der Waals surface area (Å²) in [6.45, 7) is 3.71. The Morgan fingerprint density at radius 3 is 2.27 bits per heavy atom. The van der Waals surface area contributed by atoms with Gasteiger partial charge in [-0.25, -0.2) is 13.1 Å². The molecule has 2 aromatic rings. The number of halogens is 1. The van der Waals surface area contributed by atoms with Gasteiger partial charge in [0.15, 0.2) is 0 Å². The number of ether oxygens (including phenoxy) is 1. The van der Waals surface area contributed by atoms with Gasteiger partial charge in [0.1, 0.15) is 5.75 Å². The predicted molar refractivity (Wildman–Crippen MR) is 101 cm³/mol. The van der Waals surface area contributed by atoms with Gasteiger partial charge in [-0.15, -0.1) is 0 Å². The van der Waals surface area contributed by atoms with Crippen LogP contribution in [0, 0.1) is 0 Å². The Balaban J connectivity index is 1.86. The van der Waals surface area contributed by atoms with Crippen LogP contribution in [0.15, 0.2) is 53.4 Å². The first kappa shape index (κ1) is 20.2. The molecule has 0 bridgehead atoms. The molecule has 2 aromatic carbocycles. The van der Waals surface area contributed by atoms with E-state index in [1.807, 2.05) is 13.8 Å². The molecule has 0 radical (unpaired) electrons. The Labute approximate surface area is 158 Å². The van der Waals surface area contributed by atoms with Crippen molar-refractivity contribution in [1.82, 2.24) is 10.0 Å². The molecule has 0 aliphatic carbocycles. The summed E-state index contributed by atoms with van der Waals surface area (Å²) in [5, 5.41) is 3.25. The predicted octanol–water partition coefficient (Wildman–Crippen LogP) is 2.72. The minimum absolute atomic E-state index is 0.0000757. The molecule has 0 heterocycles. The van der Waals surface area contributed by atoms with Crippen LogP contribution in [0.4, 0.5) is 0 Å². The largest absolute Gasteiger partial charge is 0.491 e. The Hall–Kier alpha value is -2.09. The number of carbonyl (C=O) groups excluding carboxylic acids is 1. The Morgan fingerprint density at radius 1 is 1.08 bits per heavy atom. The number of rotatable bonds is 8. The van der Waals surface area contributed by atoms with Gasteiger partial charge < -0.3 is 10.1 Å². The zero-order chi connectivity index (χ0) is 19.2. The third kappa shape index (κ3) is 6.33. The highest BCUT2D eigenvalue weighted by molar-refractivity contribution is 7.89. The molecule has 0 aliphatic rings. The summed E-state index contributed by atoms with van der Waals surface area (Å²) in [6.07, 6.45) is -0.0000757. The molecular weight excluding hydrogens is 376 g/mol. The average molecular weight is 397 g/mol. The first-order valence-corrected chi connectivity index (χ1v) is 9.90. The fraction of sp³-hybridized carbons (Fsp3) is 0.278. The van der Waals surface area contributed by atoms with Crippen LogP contribution in [0.25, 0.3) is 0 Å². The number of hydrogen-bond acceptors (Lipinski definition) is 4. The summed E-state index contributed by atoms with van der Waals surface area (Å²) < 4.78 is 32.2. The summed E-state index contributed by atoms with van der Waals surface area (Å²) in [7, 11) is -3.77. The van der Waals surface area contributed by atoms with Gasteiger partial charge in [-0.2, -0.15) is 0 Å². The van der Waals surface area contributed by atoms with E-state index in [-0.39, 0.29) is 17.5 Å². The highest BCUT2D eigenvalue weighted by Gasteiger charge is 2.15. The average Bonchev–Trinajstić information content (AvgIpc) is 2.59. The fourth-order valence-electron chi connectivity index (χ4n) is 2.08. The van der Waals surface area contributed by atoms with Gasteiger partial charge in [0.2, 0.25) is 15.9 Å². The molecule has 0 aliphatic heterocycles. The van der Waals surface area contributed by atoms with Crippen LogP contribution in [0.5, 0.6) is 5.75 Å². The second kappa shape index (κ2) is 9.02. The van der Waals surface area contributed by atoms with Crippen LogP contribution in [0.2, 0.25) is 5.02 Å². The smallest absolute Gasteiger partial charge is 0.241 e. The molecule has 2 rings (SSSR count). The van der Waals surface area contributed by atoms with Crippen molar-refractivity contribution in [3.63, 3.8) is 0 Å². The SMILES string of the molecule is CC(C)Oc1ccc(S(=O)(=O)NCC(=O)NCc2ccc(Cl)cc2)cc1. The normalized spacial score (nSPS) is 11.4. The lowest BCUT2D eigenvalue weighted by Gasteiger charge is -2.11. The molecule has 0 aromatic heterocycles. The standard InChI is InChI=1S/C18H21ClN2O4S/c1-13(2)25-16-7-9-17(10-8-16)26(23,24)21-12-18(22)20-11-14-3-5-15(19)6-4-14/h3-10,13,21H,11-12H2,1-2H3,(H,20,22). The van der Waals surface area contributed by atoms with E-state index in [1.54, 1.807) is 36.4 Å². The highest BCUT2D eigenvalue weighted by atomic mass is 35.5. The van der Waals surface area contributed by atoms with E-state index in [2.05, 4.69) is 10.0 Å². The highest BCUT2D eigenvalue weighted by Crippen LogP contribution is 2.17. The third-order valence-corrected chi connectivity index (χ3v) is 5.00. The molecule has 0 unspecified atom stereocenters. The second-order valence-corrected chi connectivity index (χ2v) is 8.07. The lowest BCUT2D eigenvalue weighted by Crippen LogP contribution is -2.36. The maximum atomic E-state index is 12.2. The third-order valence-electron chi connectivity index (χ3n) is 3.33. The fourth-order valence-corrected chi connectivity index (χ4v) is 3.19. The van der Waals surface area contributed by atoms with Gasteiger partial charge in [-0.3, -0.25) is 4.79 Å². The molecule has 140 valence electrons. The molecule has 0 saturated carbocycles. The van der Waals surface area contributed by atoms with Crippen molar-refractivity contribution in [2.24, 2.45) is 0 Å². The van der Waals surface area contributed by atoms with E-state index in [1.165, 1.54) is 12.1 Å². The molecule has 0 atom stereocenters. The van der Waals surface area contributed by atoms with Crippen molar-refractivity contribution >= 4 is 27.5 Å². The molecule has 8 heteroatoms. The van der Waals surface area contributed by atoms with Crippen LogP contribution >= 0.6 is 11.6 Å². The first-order chi connectivity index (χ1) is 12.3. The first-order valence-electron chi connectivity index (χ1n) is 8.04. The van der Waals surface area contributed by atoms with Gasteiger partial charge in [-0.05, 0) is 55.8 Å². The van der Waals surface area contributed by atoms with Crippen LogP contribution < -0.4 is 14.8 Å². The molecule has 0 spiro atoms. The molecule has 26 heavy (non-hydrogen) atoms. The van der Waals surface area contributed by atoms with E-state index in [0.717, 1.165) is 5.56 Å². The summed E-state index contributed by atoms with van der Waals surface area (Å²) in [5.41, 5.74) is 0.867. The summed E-state index contributed by atoms with van der Waals surface area (Å²) in [6, 6.07) is 13.0. The number of nitrogens with one attached hydrogen (secondary N) is 2. The summed E-state index contributed by atoms with van der Waals surface area (Å²) in [5.74, 6) is 0.156. The van der Waals surface area contributed by atoms with Crippen molar-refractivity contribution in [3.8, 4) is 5.75 Å². The van der Waals surface area contributed by atoms with Crippen LogP contribution in [-0.2, 0) is 21.4 Å². The zero-order valence-corrected chi connectivity index (χ0v) is 16.1. The molecule has 0 fully saturated rings. The van der Waals surface area contributed by atoms with Gasteiger partial charge in [-0.1, -0.05) is 23.7 Å². The number of sulfonamides is 1. The number of benzene rings is 2. The van der Waals surface area contributed by atoms with Crippen LogP contribution in [0.1, 0.15) is 19.4 Å². The lowest BCUT2D eigenvalue weighted by molar-refractivity contribution is -0.120. The van der Waals surface area contributed by atoms with E-state index in [0.29, 0.717) is 17.3 Å². The van der Waals surface area contributed by atoms with Gasteiger partial charge in [0.05, 0.1) is 17.5 Å². The zero-order valence-electron chi connectivity index (χ0n) is 14.5. The van der Waals surface area contributed by atoms with E-state index in [9.17, 15) is 13.2 Å². The lowest BCUT2D eigenvalue weighted by atomic mass is 10.2. The minimum atomic E-state index is -3.77. The van der Waals surface area contributed by atoms with Crippen molar-refractivity contribution in [2.75, 3.05) is 6.54 Å². The van der Waals surface area contributed by atoms with E-state index in [4.69, 9.17) is 16.3 Å². The van der Waals surface area contributed by atoms with Crippen molar-refractivity contribution in [3.05, 3.63) is 59.1 Å². The van der Waals surface area contributed by atoms with E-state index < -0.39 is 15.9 Å².